The number of aromatic nitrogens is 1. The Morgan fingerprint density at radius 3 is 2.86 bits per heavy atom. The minimum Gasteiger partial charge on any atom is -0.247 e. The first-order valence-corrected chi connectivity index (χ1v) is 7.63. The van der Waals surface area contributed by atoms with Gasteiger partial charge in [-0.15, -0.1) is 11.3 Å². The van der Waals surface area contributed by atoms with Crippen LogP contribution >= 0.6 is 27.3 Å². The van der Waals surface area contributed by atoms with E-state index in [0.717, 1.165) is 10.7 Å². The molecule has 0 saturated carbocycles. The Labute approximate surface area is 95.9 Å². The summed E-state index contributed by atoms with van der Waals surface area (Å²) in [4.78, 5) is 4.23. The second-order valence-corrected chi connectivity index (χ2v) is 6.90. The van der Waals surface area contributed by atoms with Crippen LogP contribution in [0.4, 0.5) is 0 Å². The van der Waals surface area contributed by atoms with E-state index >= 15 is 0 Å². The van der Waals surface area contributed by atoms with Gasteiger partial charge in [-0.3, -0.25) is 0 Å². The lowest BCUT2D eigenvalue weighted by Crippen LogP contribution is -2.26. The van der Waals surface area contributed by atoms with Gasteiger partial charge in [0, 0.05) is 18.3 Å². The zero-order valence-corrected chi connectivity index (χ0v) is 10.9. The Morgan fingerprint density at radius 2 is 2.36 bits per heavy atom. The highest BCUT2D eigenvalue weighted by Gasteiger charge is 2.06. The number of hydrogen-bond acceptors (Lipinski definition) is 4. The fourth-order valence-electron chi connectivity index (χ4n) is 0.896. The summed E-state index contributed by atoms with van der Waals surface area (Å²) in [6, 6.07) is 0. The van der Waals surface area contributed by atoms with Crippen LogP contribution in [0.1, 0.15) is 10.7 Å². The van der Waals surface area contributed by atoms with Crippen molar-refractivity contribution in [3.63, 3.8) is 0 Å². The molecule has 80 valence electrons. The smallest absolute Gasteiger partial charge is 0.221 e. The topological polar surface area (TPSA) is 59.1 Å². The lowest BCUT2D eigenvalue weighted by atomic mass is 10.3. The van der Waals surface area contributed by atoms with E-state index in [-0.39, 0.29) is 4.66 Å². The lowest BCUT2D eigenvalue weighted by molar-refractivity contribution is 0.586. The zero-order chi connectivity index (χ0) is 10.6. The van der Waals surface area contributed by atoms with Gasteiger partial charge in [0.1, 0.15) is 4.66 Å². The Bertz CT molecular complexity index is 388. The van der Waals surface area contributed by atoms with E-state index in [0.29, 0.717) is 13.0 Å². The third-order valence-electron chi connectivity index (χ3n) is 1.51. The van der Waals surface area contributed by atoms with Crippen LogP contribution in [0.5, 0.6) is 0 Å². The van der Waals surface area contributed by atoms with Crippen LogP contribution in [0.25, 0.3) is 0 Å². The second-order valence-electron chi connectivity index (χ2n) is 2.73. The van der Waals surface area contributed by atoms with E-state index in [1.54, 1.807) is 11.3 Å². The van der Waals surface area contributed by atoms with Crippen LogP contribution in [0.15, 0.2) is 5.38 Å². The van der Waals surface area contributed by atoms with Gasteiger partial charge in [-0.05, 0) is 6.92 Å². The summed E-state index contributed by atoms with van der Waals surface area (Å²) in [6.45, 7) is 2.33. The number of halogens is 1. The van der Waals surface area contributed by atoms with Crippen molar-refractivity contribution in [2.24, 2.45) is 0 Å². The molecule has 14 heavy (non-hydrogen) atoms. The standard InChI is InChI=1S/C7H11BrN2O2S2/c1-6-10-7(4-13-6)2-3-9-14(11,12)5-8/h4,9H,2-3,5H2,1H3. The molecule has 1 rings (SSSR count). The molecule has 0 amide bonds. The first-order valence-electron chi connectivity index (χ1n) is 3.98. The minimum atomic E-state index is -3.14. The number of thiazole rings is 1. The first kappa shape index (κ1) is 12.1. The van der Waals surface area contributed by atoms with E-state index in [2.05, 4.69) is 25.6 Å². The van der Waals surface area contributed by atoms with Crippen LogP contribution in [0, 0.1) is 6.92 Å². The monoisotopic (exact) mass is 298 g/mol. The summed E-state index contributed by atoms with van der Waals surface area (Å²) in [5, 5.41) is 2.95. The SMILES string of the molecule is Cc1nc(CCNS(=O)(=O)CBr)cs1. The van der Waals surface area contributed by atoms with E-state index in [1.165, 1.54) is 0 Å². The maximum absolute atomic E-state index is 11.0. The van der Waals surface area contributed by atoms with Crippen LogP contribution in [-0.4, -0.2) is 24.6 Å². The fraction of sp³-hybridized carbons (Fsp3) is 0.571. The normalized spacial score (nSPS) is 11.9. The summed E-state index contributed by atoms with van der Waals surface area (Å²) < 4.78 is 24.4. The molecule has 4 nitrogen and oxygen atoms in total. The molecule has 1 aromatic rings. The Balaban J connectivity index is 2.36. The van der Waals surface area contributed by atoms with Crippen molar-refractivity contribution in [3.8, 4) is 0 Å². The highest BCUT2D eigenvalue weighted by Crippen LogP contribution is 2.07. The zero-order valence-electron chi connectivity index (χ0n) is 7.66. The summed E-state index contributed by atoms with van der Waals surface area (Å²) >= 11 is 4.47. The maximum atomic E-state index is 11.0. The van der Waals surface area contributed by atoms with Gasteiger partial charge in [0.15, 0.2) is 0 Å². The first-order chi connectivity index (χ1) is 6.53. The Morgan fingerprint density at radius 1 is 1.64 bits per heavy atom. The predicted molar refractivity (Wildman–Crippen MR) is 61.3 cm³/mol. The van der Waals surface area contributed by atoms with Gasteiger partial charge in [-0.25, -0.2) is 18.1 Å². The second kappa shape index (κ2) is 5.20. The molecule has 0 spiro atoms. The number of sulfonamides is 1. The molecule has 0 unspecified atom stereocenters. The van der Waals surface area contributed by atoms with Gasteiger partial charge in [-0.2, -0.15) is 0 Å². The molecule has 1 N–H and O–H groups in total. The van der Waals surface area contributed by atoms with Crippen molar-refractivity contribution in [1.82, 2.24) is 9.71 Å². The largest absolute Gasteiger partial charge is 0.247 e. The predicted octanol–water partition coefficient (Wildman–Crippen LogP) is 1.27. The van der Waals surface area contributed by atoms with Gasteiger partial charge >= 0.3 is 0 Å². The Kier molecular flexibility index (Phi) is 4.49. The average molecular weight is 299 g/mol. The molecule has 0 aliphatic rings. The summed E-state index contributed by atoms with van der Waals surface area (Å²) in [5.74, 6) is 0. The summed E-state index contributed by atoms with van der Waals surface area (Å²) in [7, 11) is -3.14. The third-order valence-corrected chi connectivity index (χ3v) is 5.08. The molecule has 7 heteroatoms. The van der Waals surface area contributed by atoms with Crippen molar-refractivity contribution in [3.05, 3.63) is 16.1 Å². The molecule has 1 heterocycles. The number of aryl methyl sites for hydroxylation is 1. The number of alkyl halides is 1. The lowest BCUT2D eigenvalue weighted by Gasteiger charge is -2.01. The van der Waals surface area contributed by atoms with Gasteiger partial charge in [0.25, 0.3) is 0 Å². The van der Waals surface area contributed by atoms with E-state index in [4.69, 9.17) is 0 Å². The number of nitrogens with zero attached hydrogens (tertiary/aromatic N) is 1. The van der Waals surface area contributed by atoms with Crippen LogP contribution in [0.3, 0.4) is 0 Å². The molecule has 0 fully saturated rings. The molecule has 0 bridgehead atoms. The van der Waals surface area contributed by atoms with E-state index < -0.39 is 10.0 Å². The van der Waals surface area contributed by atoms with Crippen molar-refractivity contribution < 1.29 is 8.42 Å². The molecular weight excluding hydrogens is 288 g/mol. The molecule has 0 aliphatic carbocycles. The van der Waals surface area contributed by atoms with Gasteiger partial charge in [0.2, 0.25) is 10.0 Å². The number of nitrogens with one attached hydrogen (secondary N) is 1. The van der Waals surface area contributed by atoms with Gasteiger partial charge < -0.3 is 0 Å². The quantitative estimate of drug-likeness (QED) is 0.833. The van der Waals surface area contributed by atoms with Crippen LogP contribution < -0.4 is 4.72 Å². The fourth-order valence-corrected chi connectivity index (χ4v) is 2.52. The molecule has 0 aromatic carbocycles. The van der Waals surface area contributed by atoms with Crippen LogP contribution in [-0.2, 0) is 16.4 Å². The minimum absolute atomic E-state index is 0.0594. The highest BCUT2D eigenvalue weighted by molar-refractivity contribution is 9.10. The average Bonchev–Trinajstić information content (AvgIpc) is 2.51. The molecule has 0 atom stereocenters. The molecule has 0 radical (unpaired) electrons. The third kappa shape index (κ3) is 4.04. The Hall–Kier alpha value is 0.0200. The van der Waals surface area contributed by atoms with E-state index in [9.17, 15) is 8.42 Å². The highest BCUT2D eigenvalue weighted by atomic mass is 79.9. The summed E-state index contributed by atoms with van der Waals surface area (Å²) in [6.07, 6.45) is 0.635. The van der Waals surface area contributed by atoms with Gasteiger partial charge in [0.05, 0.1) is 10.7 Å². The number of rotatable bonds is 5. The van der Waals surface area contributed by atoms with Crippen molar-refractivity contribution >= 4 is 37.3 Å². The summed E-state index contributed by atoms with van der Waals surface area (Å²) in [5.41, 5.74) is 0.935. The van der Waals surface area contributed by atoms with E-state index in [1.807, 2.05) is 12.3 Å². The van der Waals surface area contributed by atoms with Crippen molar-refractivity contribution in [2.45, 2.75) is 13.3 Å². The number of hydrogen-bond donors (Lipinski definition) is 1. The molecule has 1 aromatic heterocycles. The van der Waals surface area contributed by atoms with Crippen molar-refractivity contribution in [1.29, 1.82) is 0 Å². The van der Waals surface area contributed by atoms with Crippen LogP contribution in [0.2, 0.25) is 0 Å². The molecular formula is C7H11BrN2O2S2. The van der Waals surface area contributed by atoms with Gasteiger partial charge in [-0.1, -0.05) is 15.9 Å². The molecule has 0 saturated heterocycles. The maximum Gasteiger partial charge on any atom is 0.221 e. The van der Waals surface area contributed by atoms with Crippen molar-refractivity contribution in [2.75, 3.05) is 11.2 Å². The molecule has 0 aliphatic heterocycles.